The van der Waals surface area contributed by atoms with Crippen LogP contribution in [0.3, 0.4) is 0 Å². The molecule has 1 aliphatic heterocycles. The van der Waals surface area contributed by atoms with E-state index in [0.29, 0.717) is 29.4 Å². The zero-order valence-corrected chi connectivity index (χ0v) is 13.8. The lowest BCUT2D eigenvalue weighted by molar-refractivity contribution is -0.117. The molecule has 6 heteroatoms. The van der Waals surface area contributed by atoms with Gasteiger partial charge in [-0.2, -0.15) is 0 Å². The average molecular weight is 327 g/mol. The summed E-state index contributed by atoms with van der Waals surface area (Å²) in [5.41, 5.74) is 0.655. The highest BCUT2D eigenvalue weighted by Crippen LogP contribution is 2.27. The van der Waals surface area contributed by atoms with Gasteiger partial charge in [0.2, 0.25) is 5.91 Å². The fraction of sp³-hybridized carbons (Fsp3) is 0.562. The number of rotatable bonds is 6. The molecule has 0 radical (unpaired) electrons. The van der Waals surface area contributed by atoms with Crippen LogP contribution < -0.4 is 10.1 Å². The minimum Gasteiger partial charge on any atom is -0.495 e. The Balaban J connectivity index is 1.91. The monoisotopic (exact) mass is 326 g/mol. The maximum absolute atomic E-state index is 12.2. The van der Waals surface area contributed by atoms with E-state index in [2.05, 4.69) is 10.2 Å². The van der Waals surface area contributed by atoms with Crippen molar-refractivity contribution in [3.05, 3.63) is 23.2 Å². The van der Waals surface area contributed by atoms with Gasteiger partial charge in [-0.1, -0.05) is 11.6 Å². The van der Waals surface area contributed by atoms with Crippen LogP contribution in [0.1, 0.15) is 26.2 Å². The highest BCUT2D eigenvalue weighted by Gasteiger charge is 2.27. The lowest BCUT2D eigenvalue weighted by atomic mass is 10.1. The maximum Gasteiger partial charge on any atom is 0.238 e. The van der Waals surface area contributed by atoms with Crippen LogP contribution in [0.5, 0.6) is 5.75 Å². The van der Waals surface area contributed by atoms with E-state index in [9.17, 15) is 9.90 Å². The number of aliphatic hydroxyl groups is 1. The number of carbonyl (C=O) groups is 1. The first-order valence-electron chi connectivity index (χ1n) is 7.55. The highest BCUT2D eigenvalue weighted by atomic mass is 35.5. The van der Waals surface area contributed by atoms with E-state index in [1.165, 1.54) is 0 Å². The molecule has 5 nitrogen and oxygen atoms in total. The number of anilines is 1. The van der Waals surface area contributed by atoms with Crippen LogP contribution in [0, 0.1) is 0 Å². The smallest absolute Gasteiger partial charge is 0.238 e. The lowest BCUT2D eigenvalue weighted by Crippen LogP contribution is -2.38. The molecule has 1 aliphatic rings. The van der Waals surface area contributed by atoms with Crippen LogP contribution in [-0.4, -0.2) is 48.3 Å². The number of methoxy groups -OCH3 is 1. The molecule has 122 valence electrons. The Kier molecular flexibility index (Phi) is 6.06. The van der Waals surface area contributed by atoms with E-state index in [1.807, 2.05) is 0 Å². The Morgan fingerprint density at radius 2 is 2.36 bits per heavy atom. The summed E-state index contributed by atoms with van der Waals surface area (Å²) < 4.78 is 5.09. The van der Waals surface area contributed by atoms with Crippen molar-refractivity contribution in [3.8, 4) is 5.75 Å². The molecule has 1 heterocycles. The highest BCUT2D eigenvalue weighted by molar-refractivity contribution is 6.32. The third-order valence-electron chi connectivity index (χ3n) is 3.89. The second kappa shape index (κ2) is 7.81. The van der Waals surface area contributed by atoms with Gasteiger partial charge in [-0.15, -0.1) is 0 Å². The van der Waals surface area contributed by atoms with E-state index in [0.717, 1.165) is 19.4 Å². The van der Waals surface area contributed by atoms with Crippen molar-refractivity contribution in [1.29, 1.82) is 0 Å². The minimum atomic E-state index is -0.339. The Morgan fingerprint density at radius 1 is 1.59 bits per heavy atom. The fourth-order valence-electron chi connectivity index (χ4n) is 2.89. The molecule has 1 amide bonds. The predicted molar refractivity (Wildman–Crippen MR) is 87.5 cm³/mol. The number of hydrogen-bond donors (Lipinski definition) is 2. The molecule has 2 unspecified atom stereocenters. The van der Waals surface area contributed by atoms with Crippen LogP contribution >= 0.6 is 11.6 Å². The number of halogens is 1. The summed E-state index contributed by atoms with van der Waals surface area (Å²) >= 11 is 6.05. The van der Waals surface area contributed by atoms with Crippen LogP contribution in [0.25, 0.3) is 0 Å². The molecular formula is C16H23ClN2O3. The number of nitrogens with zero attached hydrogens (tertiary/aromatic N) is 1. The summed E-state index contributed by atoms with van der Waals surface area (Å²) in [6.07, 6.45) is 2.47. The van der Waals surface area contributed by atoms with Gasteiger partial charge in [0.15, 0.2) is 0 Å². The topological polar surface area (TPSA) is 61.8 Å². The molecule has 0 bridgehead atoms. The Hall–Kier alpha value is -1.30. The summed E-state index contributed by atoms with van der Waals surface area (Å²) in [6.45, 7) is 3.02. The quantitative estimate of drug-likeness (QED) is 0.843. The van der Waals surface area contributed by atoms with Crippen molar-refractivity contribution in [2.24, 2.45) is 0 Å². The Morgan fingerprint density at radius 3 is 3.00 bits per heavy atom. The van der Waals surface area contributed by atoms with Crippen LogP contribution in [0.15, 0.2) is 18.2 Å². The Bertz CT molecular complexity index is 522. The van der Waals surface area contributed by atoms with Crippen molar-refractivity contribution >= 4 is 23.2 Å². The molecule has 22 heavy (non-hydrogen) atoms. The fourth-order valence-corrected chi connectivity index (χ4v) is 3.15. The van der Waals surface area contributed by atoms with E-state index in [-0.39, 0.29) is 18.1 Å². The van der Waals surface area contributed by atoms with Gasteiger partial charge in [0.25, 0.3) is 0 Å². The number of likely N-dealkylation sites (tertiary alicyclic amines) is 1. The first-order valence-corrected chi connectivity index (χ1v) is 7.93. The van der Waals surface area contributed by atoms with Gasteiger partial charge in [0.05, 0.1) is 24.8 Å². The Labute approximate surface area is 136 Å². The zero-order chi connectivity index (χ0) is 16.1. The van der Waals surface area contributed by atoms with Gasteiger partial charge in [-0.3, -0.25) is 9.69 Å². The molecule has 2 atom stereocenters. The molecule has 0 aromatic heterocycles. The molecule has 2 N–H and O–H groups in total. The van der Waals surface area contributed by atoms with Gasteiger partial charge >= 0.3 is 0 Å². The van der Waals surface area contributed by atoms with E-state index >= 15 is 0 Å². The summed E-state index contributed by atoms with van der Waals surface area (Å²) in [7, 11) is 1.55. The summed E-state index contributed by atoms with van der Waals surface area (Å²) in [4.78, 5) is 14.3. The van der Waals surface area contributed by atoms with Gasteiger partial charge in [0, 0.05) is 11.7 Å². The third kappa shape index (κ3) is 4.60. The number of ether oxygens (including phenoxy) is 1. The second-order valence-corrected chi connectivity index (χ2v) is 6.16. The number of aliphatic hydroxyl groups excluding tert-OH is 1. The van der Waals surface area contributed by atoms with Crippen molar-refractivity contribution in [2.45, 2.75) is 38.3 Å². The van der Waals surface area contributed by atoms with Crippen molar-refractivity contribution in [1.82, 2.24) is 4.90 Å². The second-order valence-electron chi connectivity index (χ2n) is 5.75. The number of hydrogen-bond acceptors (Lipinski definition) is 4. The molecule has 2 rings (SSSR count). The van der Waals surface area contributed by atoms with Gasteiger partial charge < -0.3 is 15.2 Å². The number of benzene rings is 1. The largest absolute Gasteiger partial charge is 0.495 e. The average Bonchev–Trinajstić information content (AvgIpc) is 2.85. The van der Waals surface area contributed by atoms with Crippen molar-refractivity contribution in [2.75, 3.05) is 25.5 Å². The van der Waals surface area contributed by atoms with E-state index in [4.69, 9.17) is 16.3 Å². The molecule has 0 spiro atoms. The third-order valence-corrected chi connectivity index (χ3v) is 4.19. The normalized spacial score (nSPS) is 19.9. The van der Waals surface area contributed by atoms with Crippen molar-refractivity contribution in [3.63, 3.8) is 0 Å². The van der Waals surface area contributed by atoms with Crippen LogP contribution in [-0.2, 0) is 4.79 Å². The van der Waals surface area contributed by atoms with E-state index < -0.39 is 0 Å². The molecule has 1 saturated heterocycles. The number of amides is 1. The van der Waals surface area contributed by atoms with Crippen LogP contribution in [0.2, 0.25) is 5.02 Å². The number of nitrogens with one attached hydrogen (secondary N) is 1. The zero-order valence-electron chi connectivity index (χ0n) is 13.0. The SMILES string of the molecule is COc1ccc(NC(=O)CN2CCCC2CC(C)O)cc1Cl. The van der Waals surface area contributed by atoms with Gasteiger partial charge in [-0.05, 0) is 50.9 Å². The molecular weight excluding hydrogens is 304 g/mol. The summed E-state index contributed by atoms with van der Waals surface area (Å²) in [6, 6.07) is 5.45. The summed E-state index contributed by atoms with van der Waals surface area (Å²) in [5, 5.41) is 12.8. The lowest BCUT2D eigenvalue weighted by Gasteiger charge is -2.24. The first kappa shape index (κ1) is 17.1. The minimum absolute atomic E-state index is 0.0706. The first-order chi connectivity index (χ1) is 10.5. The molecule has 0 saturated carbocycles. The molecule has 1 aromatic carbocycles. The van der Waals surface area contributed by atoms with Gasteiger partial charge in [0.1, 0.15) is 5.75 Å². The molecule has 1 aromatic rings. The van der Waals surface area contributed by atoms with Gasteiger partial charge in [-0.25, -0.2) is 0 Å². The van der Waals surface area contributed by atoms with E-state index in [1.54, 1.807) is 32.2 Å². The molecule has 0 aliphatic carbocycles. The predicted octanol–water partition coefficient (Wildman–Crippen LogP) is 2.52. The molecule has 1 fully saturated rings. The van der Waals surface area contributed by atoms with Crippen molar-refractivity contribution < 1.29 is 14.6 Å². The number of carbonyl (C=O) groups excluding carboxylic acids is 1. The summed E-state index contributed by atoms with van der Waals surface area (Å²) in [5.74, 6) is 0.509. The van der Waals surface area contributed by atoms with Crippen LogP contribution in [0.4, 0.5) is 5.69 Å². The standard InChI is InChI=1S/C16H23ClN2O3/c1-11(20)8-13-4-3-7-19(13)10-16(21)18-12-5-6-15(22-2)14(17)9-12/h5-6,9,11,13,20H,3-4,7-8,10H2,1-2H3,(H,18,21). The maximum atomic E-state index is 12.2.